The van der Waals surface area contributed by atoms with Crippen molar-refractivity contribution in [2.75, 3.05) is 10.2 Å². The fourth-order valence-corrected chi connectivity index (χ4v) is 3.28. The highest BCUT2D eigenvalue weighted by Gasteiger charge is 2.27. The predicted octanol–water partition coefficient (Wildman–Crippen LogP) is 4.08. The number of hydrogen-bond donors (Lipinski definition) is 1. The lowest BCUT2D eigenvalue weighted by atomic mass is 10.1. The molecular formula is C21H22N4O3. The minimum Gasteiger partial charge on any atom is -0.456 e. The summed E-state index contributed by atoms with van der Waals surface area (Å²) in [5.74, 6) is -0.385. The molecule has 1 N–H and O–H groups in total. The van der Waals surface area contributed by atoms with E-state index in [9.17, 15) is 9.59 Å². The summed E-state index contributed by atoms with van der Waals surface area (Å²) < 4.78 is 7.34. The van der Waals surface area contributed by atoms with Gasteiger partial charge in [-0.05, 0) is 51.1 Å². The van der Waals surface area contributed by atoms with E-state index in [1.165, 1.54) is 0 Å². The second-order valence-corrected chi connectivity index (χ2v) is 7.88. The largest absolute Gasteiger partial charge is 0.456 e. The van der Waals surface area contributed by atoms with Gasteiger partial charge in [-0.15, -0.1) is 0 Å². The maximum Gasteiger partial charge on any atom is 0.338 e. The summed E-state index contributed by atoms with van der Waals surface area (Å²) in [6.45, 7) is 5.91. The number of carbonyl (C=O) groups is 2. The van der Waals surface area contributed by atoms with Crippen LogP contribution in [0.4, 0.5) is 16.2 Å². The molecule has 2 aromatic heterocycles. The Labute approximate surface area is 162 Å². The Morgan fingerprint density at radius 2 is 1.89 bits per heavy atom. The molecule has 1 aromatic carbocycles. The van der Waals surface area contributed by atoms with Gasteiger partial charge in [-0.25, -0.2) is 14.6 Å². The smallest absolute Gasteiger partial charge is 0.338 e. The number of nitrogens with one attached hydrogen (secondary N) is 1. The second-order valence-electron chi connectivity index (χ2n) is 7.88. The third kappa shape index (κ3) is 3.19. The quantitative estimate of drug-likeness (QED) is 0.682. The van der Waals surface area contributed by atoms with Crippen LogP contribution in [0, 0.1) is 0 Å². The number of anilines is 2. The monoisotopic (exact) mass is 378 g/mol. The van der Waals surface area contributed by atoms with Gasteiger partial charge < -0.3 is 14.6 Å². The topological polar surface area (TPSA) is 76.5 Å². The van der Waals surface area contributed by atoms with Crippen LogP contribution in [0.3, 0.4) is 0 Å². The first kappa shape index (κ1) is 18.0. The second kappa shape index (κ2) is 6.37. The summed E-state index contributed by atoms with van der Waals surface area (Å²) >= 11 is 0. The van der Waals surface area contributed by atoms with E-state index >= 15 is 0 Å². The Morgan fingerprint density at radius 3 is 2.57 bits per heavy atom. The van der Waals surface area contributed by atoms with Gasteiger partial charge in [-0.2, -0.15) is 0 Å². The molecule has 28 heavy (non-hydrogen) atoms. The van der Waals surface area contributed by atoms with E-state index in [-0.39, 0.29) is 12.0 Å². The normalized spacial score (nSPS) is 14.0. The number of amides is 2. The number of fused-ring (bicyclic) bond motifs is 3. The van der Waals surface area contributed by atoms with E-state index in [0.29, 0.717) is 17.8 Å². The maximum atomic E-state index is 12.6. The Bertz CT molecular complexity index is 1080. The summed E-state index contributed by atoms with van der Waals surface area (Å²) in [6, 6.07) is 8.64. The van der Waals surface area contributed by atoms with Gasteiger partial charge in [0.15, 0.2) is 0 Å². The third-order valence-corrected chi connectivity index (χ3v) is 4.62. The van der Waals surface area contributed by atoms with Crippen LogP contribution in [0.15, 0.2) is 42.7 Å². The average molecular weight is 378 g/mol. The first-order chi connectivity index (χ1) is 13.2. The van der Waals surface area contributed by atoms with Crippen LogP contribution in [0.25, 0.3) is 11.0 Å². The van der Waals surface area contributed by atoms with E-state index < -0.39 is 5.60 Å². The highest BCUT2D eigenvalue weighted by Crippen LogP contribution is 2.32. The van der Waals surface area contributed by atoms with Crippen molar-refractivity contribution in [3.05, 3.63) is 53.9 Å². The van der Waals surface area contributed by atoms with Crippen molar-refractivity contribution >= 4 is 34.4 Å². The summed E-state index contributed by atoms with van der Waals surface area (Å²) in [5, 5.41) is 3.91. The van der Waals surface area contributed by atoms with Crippen molar-refractivity contribution < 1.29 is 14.3 Å². The zero-order valence-electron chi connectivity index (χ0n) is 16.3. The Morgan fingerprint density at radius 1 is 1.18 bits per heavy atom. The van der Waals surface area contributed by atoms with Crippen molar-refractivity contribution in [2.45, 2.75) is 32.9 Å². The minimum atomic E-state index is -0.554. The standard InChI is InChI=1S/C21H22N4O3/c1-21(2,3)28-19(26)13-5-7-14(8-6-13)25-12-16-15-9-10-24(4)18(15)22-11-17(16)23-20(25)27/h5-11H,12H2,1-4H3,(H,23,27). The molecule has 3 heterocycles. The summed E-state index contributed by atoms with van der Waals surface area (Å²) in [7, 11) is 1.94. The van der Waals surface area contributed by atoms with E-state index in [1.807, 2.05) is 44.6 Å². The molecule has 7 nitrogen and oxygen atoms in total. The van der Waals surface area contributed by atoms with E-state index in [2.05, 4.69) is 10.3 Å². The van der Waals surface area contributed by atoms with Gasteiger partial charge in [-0.3, -0.25) is 4.90 Å². The molecule has 0 saturated heterocycles. The summed E-state index contributed by atoms with van der Waals surface area (Å²) in [5.41, 5.74) is 3.21. The zero-order valence-corrected chi connectivity index (χ0v) is 16.3. The van der Waals surface area contributed by atoms with Crippen molar-refractivity contribution in [2.24, 2.45) is 7.05 Å². The number of nitrogens with zero attached hydrogens (tertiary/aromatic N) is 3. The van der Waals surface area contributed by atoms with Crippen LogP contribution in [-0.4, -0.2) is 27.2 Å². The van der Waals surface area contributed by atoms with Gasteiger partial charge in [0.25, 0.3) is 0 Å². The number of rotatable bonds is 2. The van der Waals surface area contributed by atoms with Gasteiger partial charge in [0, 0.05) is 29.9 Å². The van der Waals surface area contributed by atoms with Crippen molar-refractivity contribution in [1.29, 1.82) is 0 Å². The van der Waals surface area contributed by atoms with Gasteiger partial charge in [0.2, 0.25) is 0 Å². The number of esters is 1. The number of aryl methyl sites for hydroxylation is 1. The Hall–Kier alpha value is -3.35. The number of benzene rings is 1. The average Bonchev–Trinajstić information content (AvgIpc) is 3.01. The highest BCUT2D eigenvalue weighted by molar-refractivity contribution is 6.06. The molecule has 0 atom stereocenters. The SMILES string of the molecule is Cn1ccc2c3c(cnc21)NC(=O)N(c1ccc(C(=O)OC(C)(C)C)cc1)C3. The van der Waals surface area contributed by atoms with Crippen molar-refractivity contribution in [1.82, 2.24) is 9.55 Å². The number of urea groups is 1. The molecule has 144 valence electrons. The molecule has 0 fully saturated rings. The van der Waals surface area contributed by atoms with Crippen LogP contribution in [0.1, 0.15) is 36.7 Å². The molecule has 4 rings (SSSR count). The van der Waals surface area contributed by atoms with Crippen LogP contribution in [0.2, 0.25) is 0 Å². The zero-order chi connectivity index (χ0) is 20.1. The molecule has 0 bridgehead atoms. The van der Waals surface area contributed by atoms with E-state index in [0.717, 1.165) is 22.3 Å². The first-order valence-corrected chi connectivity index (χ1v) is 9.08. The summed E-state index contributed by atoms with van der Waals surface area (Å²) in [4.78, 5) is 30.9. The fraction of sp³-hybridized carbons (Fsp3) is 0.286. The van der Waals surface area contributed by atoms with E-state index in [1.54, 1.807) is 35.4 Å². The number of ether oxygens (including phenoxy) is 1. The van der Waals surface area contributed by atoms with E-state index in [4.69, 9.17) is 4.74 Å². The molecule has 0 unspecified atom stereocenters. The van der Waals surface area contributed by atoms with Gasteiger partial charge in [-0.1, -0.05) is 0 Å². The number of carbonyl (C=O) groups excluding carboxylic acids is 2. The van der Waals surface area contributed by atoms with Crippen LogP contribution in [-0.2, 0) is 18.3 Å². The number of aromatic nitrogens is 2. The minimum absolute atomic E-state index is 0.227. The molecule has 1 aliphatic rings. The molecule has 3 aromatic rings. The number of pyridine rings is 1. The van der Waals surface area contributed by atoms with Crippen LogP contribution in [0.5, 0.6) is 0 Å². The first-order valence-electron chi connectivity index (χ1n) is 9.08. The molecule has 1 aliphatic heterocycles. The van der Waals surface area contributed by atoms with Crippen molar-refractivity contribution in [3.63, 3.8) is 0 Å². The molecule has 7 heteroatoms. The molecule has 2 amide bonds. The lowest BCUT2D eigenvalue weighted by Gasteiger charge is -2.29. The maximum absolute atomic E-state index is 12.6. The van der Waals surface area contributed by atoms with Crippen molar-refractivity contribution in [3.8, 4) is 0 Å². The van der Waals surface area contributed by atoms with Gasteiger partial charge in [0.05, 0.1) is 24.0 Å². The third-order valence-electron chi connectivity index (χ3n) is 4.62. The lowest BCUT2D eigenvalue weighted by Crippen LogP contribution is -2.38. The van der Waals surface area contributed by atoms with Crippen LogP contribution >= 0.6 is 0 Å². The number of hydrogen-bond acceptors (Lipinski definition) is 4. The Balaban J connectivity index is 1.63. The van der Waals surface area contributed by atoms with Crippen LogP contribution < -0.4 is 10.2 Å². The fourth-order valence-electron chi connectivity index (χ4n) is 3.28. The molecule has 0 radical (unpaired) electrons. The Kier molecular flexibility index (Phi) is 4.10. The summed E-state index contributed by atoms with van der Waals surface area (Å²) in [6.07, 6.45) is 3.65. The molecular weight excluding hydrogens is 356 g/mol. The molecule has 0 spiro atoms. The molecule has 0 saturated carbocycles. The predicted molar refractivity (Wildman–Crippen MR) is 108 cm³/mol. The highest BCUT2D eigenvalue weighted by atomic mass is 16.6. The molecule has 0 aliphatic carbocycles. The van der Waals surface area contributed by atoms with Gasteiger partial charge in [0.1, 0.15) is 11.2 Å². The lowest BCUT2D eigenvalue weighted by molar-refractivity contribution is 0.00695. The van der Waals surface area contributed by atoms with Gasteiger partial charge >= 0.3 is 12.0 Å².